The molecule has 0 bridgehead atoms. The van der Waals surface area contributed by atoms with Crippen LogP contribution in [0.2, 0.25) is 0 Å². The van der Waals surface area contributed by atoms with Gasteiger partial charge in [0.1, 0.15) is 6.17 Å². The van der Waals surface area contributed by atoms with Gasteiger partial charge in [0.25, 0.3) is 0 Å². The topological polar surface area (TPSA) is 23.6 Å². The van der Waals surface area contributed by atoms with E-state index in [2.05, 4.69) is 6.92 Å². The molecule has 0 saturated carbocycles. The van der Waals surface area contributed by atoms with Gasteiger partial charge >= 0.3 is 6.03 Å². The lowest BCUT2D eigenvalue weighted by molar-refractivity contribution is 0.0194. The summed E-state index contributed by atoms with van der Waals surface area (Å²) in [6, 6.07) is 0.156. The van der Waals surface area contributed by atoms with E-state index >= 15 is 0 Å². The highest BCUT2D eigenvalue weighted by atomic mass is 16.2. The molecular weight excluding hydrogens is 176 g/mol. The van der Waals surface area contributed by atoms with Gasteiger partial charge in [0.05, 0.1) is 0 Å². The van der Waals surface area contributed by atoms with Crippen LogP contribution >= 0.6 is 0 Å². The van der Waals surface area contributed by atoms with Crippen molar-refractivity contribution < 1.29 is 4.79 Å². The zero-order chi connectivity index (χ0) is 10.6. The van der Waals surface area contributed by atoms with Gasteiger partial charge in [-0.1, -0.05) is 32.6 Å². The second kappa shape index (κ2) is 5.23. The van der Waals surface area contributed by atoms with Gasteiger partial charge in [-0.25, -0.2) is 4.79 Å². The summed E-state index contributed by atoms with van der Waals surface area (Å²) in [6.45, 7) is 2.23. The number of unbranched alkanes of at least 4 members (excludes halogenated alkanes) is 4. The number of amides is 2. The van der Waals surface area contributed by atoms with Crippen molar-refractivity contribution in [3.63, 3.8) is 0 Å². The second-order valence-electron chi connectivity index (χ2n) is 4.19. The molecule has 0 aliphatic carbocycles. The highest BCUT2D eigenvalue weighted by Crippen LogP contribution is 2.22. The Morgan fingerprint density at radius 1 is 1.07 bits per heavy atom. The summed E-state index contributed by atoms with van der Waals surface area (Å²) in [7, 11) is 3.78. The Hall–Kier alpha value is -0.730. The highest BCUT2D eigenvalue weighted by Gasteiger charge is 2.37. The summed E-state index contributed by atoms with van der Waals surface area (Å²) in [5.74, 6) is 0. The fourth-order valence-corrected chi connectivity index (χ4v) is 2.03. The third-order valence-corrected chi connectivity index (χ3v) is 3.06. The largest absolute Gasteiger partial charge is 0.322 e. The first kappa shape index (κ1) is 11.3. The Bertz CT molecular complexity index is 182. The maximum atomic E-state index is 11.2. The molecule has 0 aromatic heterocycles. The number of nitrogens with zero attached hydrogens (tertiary/aromatic N) is 2. The second-order valence-corrected chi connectivity index (χ2v) is 4.19. The van der Waals surface area contributed by atoms with Gasteiger partial charge < -0.3 is 9.80 Å². The molecule has 0 radical (unpaired) electrons. The highest BCUT2D eigenvalue weighted by molar-refractivity contribution is 5.79. The van der Waals surface area contributed by atoms with E-state index in [4.69, 9.17) is 0 Å². The number of hydrogen-bond acceptors (Lipinski definition) is 1. The molecule has 82 valence electrons. The van der Waals surface area contributed by atoms with Crippen molar-refractivity contribution in [2.75, 3.05) is 14.1 Å². The Morgan fingerprint density at radius 3 is 2.21 bits per heavy atom. The van der Waals surface area contributed by atoms with Crippen LogP contribution in [0, 0.1) is 0 Å². The molecule has 1 rings (SSSR count). The summed E-state index contributed by atoms with van der Waals surface area (Å²) in [5, 5.41) is 0. The molecule has 3 nitrogen and oxygen atoms in total. The molecule has 1 fully saturated rings. The zero-order valence-electron chi connectivity index (χ0n) is 9.62. The van der Waals surface area contributed by atoms with Crippen LogP contribution < -0.4 is 0 Å². The molecule has 1 aliphatic rings. The van der Waals surface area contributed by atoms with Crippen LogP contribution in [-0.2, 0) is 0 Å². The average Bonchev–Trinajstić information content (AvgIpc) is 2.22. The van der Waals surface area contributed by atoms with E-state index in [1.807, 2.05) is 23.9 Å². The molecule has 1 aliphatic heterocycles. The van der Waals surface area contributed by atoms with Crippen molar-refractivity contribution in [2.24, 2.45) is 0 Å². The molecule has 0 aromatic carbocycles. The summed E-state index contributed by atoms with van der Waals surface area (Å²) < 4.78 is 0. The molecule has 0 unspecified atom stereocenters. The van der Waals surface area contributed by atoms with Crippen molar-refractivity contribution in [1.29, 1.82) is 0 Å². The molecule has 1 saturated heterocycles. The lowest BCUT2D eigenvalue weighted by Crippen LogP contribution is -2.63. The monoisotopic (exact) mass is 198 g/mol. The minimum Gasteiger partial charge on any atom is -0.307 e. The van der Waals surface area contributed by atoms with E-state index in [-0.39, 0.29) is 6.03 Å². The number of hydrogen-bond donors (Lipinski definition) is 0. The van der Waals surface area contributed by atoms with Crippen LogP contribution in [0.3, 0.4) is 0 Å². The van der Waals surface area contributed by atoms with E-state index in [9.17, 15) is 4.79 Å². The van der Waals surface area contributed by atoms with E-state index in [0.717, 1.165) is 6.42 Å². The lowest BCUT2D eigenvalue weighted by atomic mass is 10.1. The molecule has 14 heavy (non-hydrogen) atoms. The summed E-state index contributed by atoms with van der Waals surface area (Å²) in [5.41, 5.74) is 0. The van der Waals surface area contributed by atoms with Crippen molar-refractivity contribution >= 4 is 6.03 Å². The Kier molecular flexibility index (Phi) is 4.23. The minimum atomic E-state index is 0.156. The predicted octanol–water partition coefficient (Wildman–Crippen LogP) is 2.67. The Labute approximate surface area is 87.1 Å². The summed E-state index contributed by atoms with van der Waals surface area (Å²) in [4.78, 5) is 14.8. The first-order chi connectivity index (χ1) is 6.68. The van der Waals surface area contributed by atoms with Crippen LogP contribution in [0.25, 0.3) is 0 Å². The molecule has 3 heteroatoms. The van der Waals surface area contributed by atoms with Crippen molar-refractivity contribution in [3.05, 3.63) is 0 Å². The van der Waals surface area contributed by atoms with Crippen LogP contribution in [0.5, 0.6) is 0 Å². The van der Waals surface area contributed by atoms with E-state index < -0.39 is 0 Å². The summed E-state index contributed by atoms with van der Waals surface area (Å²) in [6.07, 6.45) is 8.01. The van der Waals surface area contributed by atoms with E-state index in [1.165, 1.54) is 32.1 Å². The van der Waals surface area contributed by atoms with Gasteiger partial charge in [0.2, 0.25) is 0 Å². The fourth-order valence-electron chi connectivity index (χ4n) is 2.03. The maximum Gasteiger partial charge on any atom is 0.322 e. The van der Waals surface area contributed by atoms with Crippen LogP contribution in [0.1, 0.15) is 45.4 Å². The first-order valence-electron chi connectivity index (χ1n) is 5.68. The quantitative estimate of drug-likeness (QED) is 0.602. The number of urea groups is 1. The Balaban J connectivity index is 2.05. The predicted molar refractivity (Wildman–Crippen MR) is 58.1 cm³/mol. The average molecular weight is 198 g/mol. The molecule has 2 amide bonds. The number of carbonyl (C=O) groups is 1. The van der Waals surface area contributed by atoms with Gasteiger partial charge in [-0.05, 0) is 12.8 Å². The van der Waals surface area contributed by atoms with Gasteiger partial charge in [-0.15, -0.1) is 0 Å². The van der Waals surface area contributed by atoms with Gasteiger partial charge in [0.15, 0.2) is 0 Å². The van der Waals surface area contributed by atoms with Gasteiger partial charge in [-0.2, -0.15) is 0 Å². The normalized spacial score (nSPS) is 17.5. The third kappa shape index (κ3) is 2.40. The molecule has 0 spiro atoms. The lowest BCUT2D eigenvalue weighted by Gasteiger charge is -2.46. The first-order valence-corrected chi connectivity index (χ1v) is 5.68. The SMILES string of the molecule is CCCCCCCC1N(C)C(=O)N1C. The van der Waals surface area contributed by atoms with Gasteiger partial charge in [0, 0.05) is 14.1 Å². The maximum absolute atomic E-state index is 11.2. The van der Waals surface area contributed by atoms with Crippen molar-refractivity contribution in [2.45, 2.75) is 51.6 Å². The number of carbonyl (C=O) groups excluding carboxylic acids is 1. The van der Waals surface area contributed by atoms with Crippen LogP contribution in [-0.4, -0.2) is 36.1 Å². The summed E-state index contributed by atoms with van der Waals surface area (Å²) >= 11 is 0. The van der Waals surface area contributed by atoms with Crippen LogP contribution in [0.15, 0.2) is 0 Å². The molecule has 0 atom stereocenters. The smallest absolute Gasteiger partial charge is 0.307 e. The number of rotatable bonds is 6. The standard InChI is InChI=1S/C11H22N2O/c1-4-5-6-7-8-9-10-12(2)11(14)13(10)3/h10H,4-9H2,1-3H3. The van der Waals surface area contributed by atoms with Gasteiger partial charge in [-0.3, -0.25) is 0 Å². The zero-order valence-corrected chi connectivity index (χ0v) is 9.62. The minimum absolute atomic E-state index is 0.156. The molecule has 1 heterocycles. The van der Waals surface area contributed by atoms with Crippen LogP contribution in [0.4, 0.5) is 4.79 Å². The Morgan fingerprint density at radius 2 is 1.64 bits per heavy atom. The molecule has 0 aromatic rings. The van der Waals surface area contributed by atoms with E-state index in [1.54, 1.807) is 0 Å². The fraction of sp³-hybridized carbons (Fsp3) is 0.909. The molecule has 0 N–H and O–H groups in total. The van der Waals surface area contributed by atoms with Crippen molar-refractivity contribution in [3.8, 4) is 0 Å². The third-order valence-electron chi connectivity index (χ3n) is 3.06. The molecular formula is C11H22N2O. The van der Waals surface area contributed by atoms with Crippen molar-refractivity contribution in [1.82, 2.24) is 9.80 Å². The van der Waals surface area contributed by atoms with E-state index in [0.29, 0.717) is 6.17 Å².